The van der Waals surface area contributed by atoms with Gasteiger partial charge in [0.1, 0.15) is 17.2 Å². The summed E-state index contributed by atoms with van der Waals surface area (Å²) in [6.45, 7) is 0. The fourth-order valence-corrected chi connectivity index (χ4v) is 3.26. The van der Waals surface area contributed by atoms with Crippen molar-refractivity contribution in [3.05, 3.63) is 72.6 Å². The molecule has 0 aliphatic carbocycles. The maximum absolute atomic E-state index is 12.1. The van der Waals surface area contributed by atoms with E-state index in [4.69, 9.17) is 4.74 Å². The van der Waals surface area contributed by atoms with Crippen molar-refractivity contribution in [2.24, 2.45) is 0 Å². The van der Waals surface area contributed by atoms with Crippen LogP contribution in [0, 0.1) is 0 Å². The summed E-state index contributed by atoms with van der Waals surface area (Å²) < 4.78 is 29.0. The van der Waals surface area contributed by atoms with E-state index in [0.29, 0.717) is 22.9 Å². The first-order valence-electron chi connectivity index (χ1n) is 9.34. The van der Waals surface area contributed by atoms with Crippen LogP contribution in [-0.4, -0.2) is 38.6 Å². The van der Waals surface area contributed by atoms with E-state index < -0.39 is 15.9 Å². The minimum atomic E-state index is -3.38. The van der Waals surface area contributed by atoms with E-state index in [1.54, 1.807) is 36.4 Å². The highest BCUT2D eigenvalue weighted by Gasteiger charge is 2.10. The standard InChI is InChI=1S/C21H21N5O5S/c1-22-20(27)19-13-17(9-10-23-19)31-16-7-3-6-15(11-16)25-26-21(28)24-14-5-4-8-18(12-14)32(2,29)30/h3-13,25H,1-2H3,(H,22,27)(H2,24,26,28). The van der Waals surface area contributed by atoms with E-state index in [9.17, 15) is 18.0 Å². The second kappa shape index (κ2) is 9.79. The van der Waals surface area contributed by atoms with Gasteiger partial charge in [-0.05, 0) is 36.4 Å². The van der Waals surface area contributed by atoms with Gasteiger partial charge in [0, 0.05) is 37.3 Å². The Morgan fingerprint density at radius 3 is 2.41 bits per heavy atom. The van der Waals surface area contributed by atoms with Crippen molar-refractivity contribution in [3.8, 4) is 11.5 Å². The number of carbonyl (C=O) groups excluding carboxylic acids is 2. The molecule has 0 saturated heterocycles. The number of benzene rings is 2. The number of hydrazine groups is 1. The highest BCUT2D eigenvalue weighted by molar-refractivity contribution is 7.90. The van der Waals surface area contributed by atoms with Gasteiger partial charge in [-0.3, -0.25) is 20.6 Å². The maximum Gasteiger partial charge on any atom is 0.337 e. The smallest absolute Gasteiger partial charge is 0.337 e. The van der Waals surface area contributed by atoms with Gasteiger partial charge in [0.25, 0.3) is 5.91 Å². The Bertz CT molecular complexity index is 1250. The third kappa shape index (κ3) is 6.19. The Labute approximate surface area is 184 Å². The highest BCUT2D eigenvalue weighted by atomic mass is 32.2. The summed E-state index contributed by atoms with van der Waals surface area (Å²) in [6.07, 6.45) is 2.56. The molecule has 10 nitrogen and oxygen atoms in total. The quantitative estimate of drug-likeness (QED) is 0.402. The van der Waals surface area contributed by atoms with Gasteiger partial charge in [-0.1, -0.05) is 12.1 Å². The van der Waals surface area contributed by atoms with Crippen LogP contribution in [-0.2, 0) is 9.84 Å². The molecule has 0 aliphatic heterocycles. The van der Waals surface area contributed by atoms with Crippen molar-refractivity contribution in [2.75, 3.05) is 24.0 Å². The number of nitrogens with zero attached hydrogens (tertiary/aromatic N) is 1. The first-order valence-corrected chi connectivity index (χ1v) is 11.2. The summed E-state index contributed by atoms with van der Waals surface area (Å²) in [5.74, 6) is 0.558. The molecule has 3 amide bonds. The number of pyridine rings is 1. The van der Waals surface area contributed by atoms with Gasteiger partial charge < -0.3 is 15.4 Å². The molecule has 4 N–H and O–H groups in total. The van der Waals surface area contributed by atoms with Crippen LogP contribution in [0.15, 0.2) is 71.8 Å². The molecule has 0 atom stereocenters. The van der Waals surface area contributed by atoms with Gasteiger partial charge in [0.05, 0.1) is 10.6 Å². The molecule has 1 heterocycles. The van der Waals surface area contributed by atoms with E-state index >= 15 is 0 Å². The van der Waals surface area contributed by atoms with Crippen LogP contribution in [0.3, 0.4) is 0 Å². The Balaban J connectivity index is 1.61. The molecule has 0 radical (unpaired) electrons. The molecule has 3 aromatic rings. The summed E-state index contributed by atoms with van der Waals surface area (Å²) in [5.41, 5.74) is 6.28. The van der Waals surface area contributed by atoms with Crippen LogP contribution in [0.25, 0.3) is 0 Å². The number of amides is 3. The Morgan fingerprint density at radius 2 is 1.66 bits per heavy atom. The Hall–Kier alpha value is -4.12. The van der Waals surface area contributed by atoms with Crippen LogP contribution in [0.2, 0.25) is 0 Å². The average Bonchev–Trinajstić information content (AvgIpc) is 2.77. The number of nitrogens with one attached hydrogen (secondary N) is 4. The highest BCUT2D eigenvalue weighted by Crippen LogP contribution is 2.24. The molecule has 0 aliphatic rings. The monoisotopic (exact) mass is 455 g/mol. The summed E-state index contributed by atoms with van der Waals surface area (Å²) in [6, 6.07) is 15.2. The normalized spacial score (nSPS) is 10.7. The maximum atomic E-state index is 12.1. The molecule has 11 heteroatoms. The van der Waals surface area contributed by atoms with Crippen LogP contribution >= 0.6 is 0 Å². The molecule has 32 heavy (non-hydrogen) atoms. The van der Waals surface area contributed by atoms with Crippen molar-refractivity contribution in [1.82, 2.24) is 15.7 Å². The number of urea groups is 1. The van der Waals surface area contributed by atoms with Crippen molar-refractivity contribution < 1.29 is 22.7 Å². The van der Waals surface area contributed by atoms with Crippen LogP contribution in [0.4, 0.5) is 16.2 Å². The molecule has 3 rings (SSSR count). The number of aromatic nitrogens is 1. The molecular weight excluding hydrogens is 434 g/mol. The van der Waals surface area contributed by atoms with Crippen LogP contribution in [0.5, 0.6) is 11.5 Å². The Morgan fingerprint density at radius 1 is 0.938 bits per heavy atom. The summed E-state index contributed by atoms with van der Waals surface area (Å²) >= 11 is 0. The predicted molar refractivity (Wildman–Crippen MR) is 119 cm³/mol. The minimum Gasteiger partial charge on any atom is -0.457 e. The molecule has 0 fully saturated rings. The van der Waals surface area contributed by atoms with Gasteiger partial charge in [0.2, 0.25) is 0 Å². The van der Waals surface area contributed by atoms with Crippen molar-refractivity contribution in [3.63, 3.8) is 0 Å². The molecule has 0 spiro atoms. The van der Waals surface area contributed by atoms with E-state index in [-0.39, 0.29) is 16.5 Å². The fourth-order valence-electron chi connectivity index (χ4n) is 2.60. The zero-order chi connectivity index (χ0) is 23.1. The number of hydrogen-bond acceptors (Lipinski definition) is 7. The SMILES string of the molecule is CNC(=O)c1cc(Oc2cccc(NNC(=O)Nc3cccc(S(C)(=O)=O)c3)c2)ccn1. The molecule has 1 aromatic heterocycles. The molecule has 0 bridgehead atoms. The van der Waals surface area contributed by atoms with Gasteiger partial charge in [0.15, 0.2) is 9.84 Å². The van der Waals surface area contributed by atoms with E-state index in [0.717, 1.165) is 6.26 Å². The number of carbonyl (C=O) groups is 2. The lowest BCUT2D eigenvalue weighted by molar-refractivity contribution is 0.0957. The summed E-state index contributed by atoms with van der Waals surface area (Å²) in [4.78, 5) is 27.9. The van der Waals surface area contributed by atoms with E-state index in [2.05, 4.69) is 26.5 Å². The van der Waals surface area contributed by atoms with Gasteiger partial charge in [-0.2, -0.15) is 0 Å². The lowest BCUT2D eigenvalue weighted by atomic mass is 10.3. The second-order valence-corrected chi connectivity index (χ2v) is 8.61. The number of hydrogen-bond donors (Lipinski definition) is 4. The zero-order valence-electron chi connectivity index (χ0n) is 17.2. The van der Waals surface area contributed by atoms with Crippen LogP contribution < -0.4 is 26.2 Å². The largest absolute Gasteiger partial charge is 0.457 e. The lowest BCUT2D eigenvalue weighted by Gasteiger charge is -2.12. The van der Waals surface area contributed by atoms with E-state index in [1.165, 1.54) is 37.5 Å². The summed E-state index contributed by atoms with van der Waals surface area (Å²) in [7, 11) is -1.87. The third-order valence-corrected chi connectivity index (χ3v) is 5.21. The molecular formula is C21H21N5O5S. The Kier molecular flexibility index (Phi) is 6.90. The lowest BCUT2D eigenvalue weighted by Crippen LogP contribution is -2.33. The number of ether oxygens (including phenoxy) is 1. The first-order chi connectivity index (χ1) is 15.2. The van der Waals surface area contributed by atoms with Crippen molar-refractivity contribution in [1.29, 1.82) is 0 Å². The first kappa shape index (κ1) is 22.6. The van der Waals surface area contributed by atoms with E-state index in [1.807, 2.05) is 0 Å². The minimum absolute atomic E-state index is 0.101. The van der Waals surface area contributed by atoms with Gasteiger partial charge in [-0.25, -0.2) is 13.2 Å². The third-order valence-electron chi connectivity index (χ3n) is 4.10. The van der Waals surface area contributed by atoms with Crippen molar-refractivity contribution in [2.45, 2.75) is 4.90 Å². The van der Waals surface area contributed by atoms with Crippen molar-refractivity contribution >= 4 is 33.2 Å². The average molecular weight is 455 g/mol. The van der Waals surface area contributed by atoms with Gasteiger partial charge >= 0.3 is 6.03 Å². The molecule has 0 saturated carbocycles. The topological polar surface area (TPSA) is 139 Å². The number of rotatable bonds is 7. The summed E-state index contributed by atoms with van der Waals surface area (Å²) in [5, 5.41) is 5.04. The molecule has 0 unspecified atom stereocenters. The molecule has 166 valence electrons. The van der Waals surface area contributed by atoms with Gasteiger partial charge in [-0.15, -0.1) is 0 Å². The number of anilines is 2. The predicted octanol–water partition coefficient (Wildman–Crippen LogP) is 2.79. The second-order valence-electron chi connectivity index (χ2n) is 6.59. The number of sulfone groups is 1. The van der Waals surface area contributed by atoms with Crippen LogP contribution in [0.1, 0.15) is 10.5 Å². The fraction of sp³-hybridized carbons (Fsp3) is 0.0952. The molecule has 2 aromatic carbocycles. The zero-order valence-corrected chi connectivity index (χ0v) is 18.1.